The first-order valence-electron chi connectivity index (χ1n) is 6.09. The second kappa shape index (κ2) is 7.88. The second-order valence-electron chi connectivity index (χ2n) is 5.04. The Kier molecular flexibility index (Phi) is 7.64. The highest BCUT2D eigenvalue weighted by atomic mass is 79.9. The molecule has 5 heteroatoms. The quantitative estimate of drug-likeness (QED) is 0.858. The molecule has 1 amide bonds. The van der Waals surface area contributed by atoms with E-state index in [1.54, 1.807) is 0 Å². The van der Waals surface area contributed by atoms with E-state index in [1.807, 2.05) is 52.1 Å². The van der Waals surface area contributed by atoms with E-state index in [-0.39, 0.29) is 24.4 Å². The van der Waals surface area contributed by atoms with Gasteiger partial charge in [-0.3, -0.25) is 4.79 Å². The average Bonchev–Trinajstić information content (AvgIpc) is 2.35. The maximum Gasteiger partial charge on any atom is 0.230 e. The summed E-state index contributed by atoms with van der Waals surface area (Å²) in [6.45, 7) is 6.54. The van der Waals surface area contributed by atoms with E-state index >= 15 is 0 Å². The molecule has 1 aromatic rings. The number of carbonyl (C=O) groups excluding carboxylic acids is 1. The average molecular weight is 350 g/mol. The zero-order valence-electron chi connectivity index (χ0n) is 11.8. The first-order chi connectivity index (χ1) is 8.37. The molecular weight excluding hydrogens is 328 g/mol. The molecule has 19 heavy (non-hydrogen) atoms. The van der Waals surface area contributed by atoms with Crippen LogP contribution in [0.2, 0.25) is 0 Å². The number of halogens is 2. The normalized spacial score (nSPS) is 12.5. The van der Waals surface area contributed by atoms with Gasteiger partial charge in [0.15, 0.2) is 0 Å². The first-order valence-corrected chi connectivity index (χ1v) is 6.89. The summed E-state index contributed by atoms with van der Waals surface area (Å²) in [5.74, 6) is 0.0442. The van der Waals surface area contributed by atoms with Gasteiger partial charge in [-0.05, 0) is 45.5 Å². The predicted molar refractivity (Wildman–Crippen MR) is 85.9 cm³/mol. The van der Waals surface area contributed by atoms with Gasteiger partial charge in [0, 0.05) is 17.1 Å². The van der Waals surface area contributed by atoms with Crippen LogP contribution in [-0.2, 0) is 10.2 Å². The van der Waals surface area contributed by atoms with Gasteiger partial charge in [0.1, 0.15) is 0 Å². The van der Waals surface area contributed by atoms with Crippen LogP contribution in [0.1, 0.15) is 26.3 Å². The fraction of sp³-hybridized carbons (Fsp3) is 0.500. The van der Waals surface area contributed by atoms with E-state index in [2.05, 4.69) is 26.6 Å². The molecule has 3 nitrogen and oxygen atoms in total. The van der Waals surface area contributed by atoms with Crippen molar-refractivity contribution in [2.75, 3.05) is 13.6 Å². The van der Waals surface area contributed by atoms with Gasteiger partial charge in [-0.25, -0.2) is 0 Å². The van der Waals surface area contributed by atoms with E-state index in [4.69, 9.17) is 0 Å². The van der Waals surface area contributed by atoms with E-state index in [1.165, 1.54) is 0 Å². The number of nitrogens with one attached hydrogen (secondary N) is 2. The number of hydrogen-bond acceptors (Lipinski definition) is 2. The van der Waals surface area contributed by atoms with E-state index in [9.17, 15) is 4.79 Å². The number of likely N-dealkylation sites (N-methyl/N-ethyl adjacent to an activating group) is 1. The van der Waals surface area contributed by atoms with Gasteiger partial charge >= 0.3 is 0 Å². The van der Waals surface area contributed by atoms with Crippen molar-refractivity contribution in [3.63, 3.8) is 0 Å². The SMILES string of the molecule is CNC(C)CNC(=O)C(C)(C)c1cccc(Br)c1.Cl. The largest absolute Gasteiger partial charge is 0.354 e. The molecule has 1 aromatic carbocycles. The summed E-state index contributed by atoms with van der Waals surface area (Å²) >= 11 is 3.44. The van der Waals surface area contributed by atoms with Crippen molar-refractivity contribution in [1.29, 1.82) is 0 Å². The van der Waals surface area contributed by atoms with Crippen LogP contribution < -0.4 is 10.6 Å². The van der Waals surface area contributed by atoms with Crippen LogP contribution in [0.25, 0.3) is 0 Å². The van der Waals surface area contributed by atoms with Gasteiger partial charge in [0.25, 0.3) is 0 Å². The molecule has 0 radical (unpaired) electrons. The molecule has 0 saturated carbocycles. The van der Waals surface area contributed by atoms with Crippen LogP contribution in [0.3, 0.4) is 0 Å². The Morgan fingerprint density at radius 1 is 1.42 bits per heavy atom. The molecule has 1 unspecified atom stereocenters. The topological polar surface area (TPSA) is 41.1 Å². The van der Waals surface area contributed by atoms with Gasteiger partial charge in [-0.1, -0.05) is 28.1 Å². The zero-order chi connectivity index (χ0) is 13.8. The highest BCUT2D eigenvalue weighted by Gasteiger charge is 2.29. The number of rotatable bonds is 5. The highest BCUT2D eigenvalue weighted by molar-refractivity contribution is 9.10. The van der Waals surface area contributed by atoms with Crippen molar-refractivity contribution in [3.05, 3.63) is 34.3 Å². The number of benzene rings is 1. The minimum atomic E-state index is -0.531. The maximum absolute atomic E-state index is 12.2. The summed E-state index contributed by atoms with van der Waals surface area (Å²) in [4.78, 5) is 12.2. The first kappa shape index (κ1) is 18.4. The van der Waals surface area contributed by atoms with Crippen molar-refractivity contribution >= 4 is 34.2 Å². The minimum Gasteiger partial charge on any atom is -0.354 e. The lowest BCUT2D eigenvalue weighted by Crippen LogP contribution is -2.45. The van der Waals surface area contributed by atoms with E-state index < -0.39 is 5.41 Å². The van der Waals surface area contributed by atoms with Crippen molar-refractivity contribution in [2.24, 2.45) is 0 Å². The summed E-state index contributed by atoms with van der Waals surface area (Å²) in [5.41, 5.74) is 0.475. The standard InChI is InChI=1S/C14H21BrN2O.ClH/c1-10(16-4)9-17-13(18)14(2,3)11-6-5-7-12(15)8-11;/h5-8,10,16H,9H2,1-4H3,(H,17,18);1H. The molecule has 0 heterocycles. The molecule has 1 rings (SSSR count). The van der Waals surface area contributed by atoms with E-state index in [0.717, 1.165) is 10.0 Å². The molecule has 0 fully saturated rings. The monoisotopic (exact) mass is 348 g/mol. The molecule has 0 aromatic heterocycles. The lowest BCUT2D eigenvalue weighted by molar-refractivity contribution is -0.125. The van der Waals surface area contributed by atoms with Crippen molar-refractivity contribution in [1.82, 2.24) is 10.6 Å². The zero-order valence-corrected chi connectivity index (χ0v) is 14.2. The molecule has 2 N–H and O–H groups in total. The van der Waals surface area contributed by atoms with Gasteiger partial charge in [0.2, 0.25) is 5.91 Å². The summed E-state index contributed by atoms with van der Waals surface area (Å²) in [6, 6.07) is 8.14. The Balaban J connectivity index is 0.00000324. The molecule has 0 aliphatic heterocycles. The van der Waals surface area contributed by atoms with Crippen molar-refractivity contribution < 1.29 is 4.79 Å². The molecule has 0 aliphatic carbocycles. The highest BCUT2D eigenvalue weighted by Crippen LogP contribution is 2.25. The molecule has 0 spiro atoms. The lowest BCUT2D eigenvalue weighted by atomic mass is 9.84. The Bertz CT molecular complexity index is 424. The second-order valence-corrected chi connectivity index (χ2v) is 5.95. The molecule has 108 valence electrons. The number of hydrogen-bond donors (Lipinski definition) is 2. The smallest absolute Gasteiger partial charge is 0.230 e. The Morgan fingerprint density at radius 3 is 2.58 bits per heavy atom. The van der Waals surface area contributed by atoms with Crippen LogP contribution in [0, 0.1) is 0 Å². The van der Waals surface area contributed by atoms with Gasteiger partial charge in [-0.15, -0.1) is 12.4 Å². The molecule has 0 saturated heterocycles. The van der Waals surface area contributed by atoms with Crippen LogP contribution in [0.15, 0.2) is 28.7 Å². The van der Waals surface area contributed by atoms with Crippen molar-refractivity contribution in [2.45, 2.75) is 32.2 Å². The predicted octanol–water partition coefficient (Wildman–Crippen LogP) is 2.87. The lowest BCUT2D eigenvalue weighted by Gasteiger charge is -2.25. The molecular formula is C14H22BrClN2O. The van der Waals surface area contributed by atoms with Gasteiger partial charge in [0.05, 0.1) is 5.41 Å². The fourth-order valence-electron chi connectivity index (χ4n) is 1.58. The molecule has 0 aliphatic rings. The Labute approximate surface area is 130 Å². The third kappa shape index (κ3) is 5.13. The summed E-state index contributed by atoms with van der Waals surface area (Å²) in [6.07, 6.45) is 0. The van der Waals surface area contributed by atoms with Crippen LogP contribution in [0.5, 0.6) is 0 Å². The Hall–Kier alpha value is -0.580. The molecule has 0 bridgehead atoms. The van der Waals surface area contributed by atoms with Crippen LogP contribution in [-0.4, -0.2) is 25.5 Å². The van der Waals surface area contributed by atoms with Crippen molar-refractivity contribution in [3.8, 4) is 0 Å². The summed E-state index contributed by atoms with van der Waals surface area (Å²) in [5, 5.41) is 6.07. The van der Waals surface area contributed by atoms with Crippen LogP contribution in [0.4, 0.5) is 0 Å². The third-order valence-electron chi connectivity index (χ3n) is 3.18. The Morgan fingerprint density at radius 2 is 2.05 bits per heavy atom. The van der Waals surface area contributed by atoms with Gasteiger partial charge < -0.3 is 10.6 Å². The van der Waals surface area contributed by atoms with Gasteiger partial charge in [-0.2, -0.15) is 0 Å². The summed E-state index contributed by atoms with van der Waals surface area (Å²) in [7, 11) is 1.89. The number of carbonyl (C=O) groups is 1. The molecule has 1 atom stereocenters. The maximum atomic E-state index is 12.2. The van der Waals surface area contributed by atoms with E-state index in [0.29, 0.717) is 6.54 Å². The van der Waals surface area contributed by atoms with Crippen LogP contribution >= 0.6 is 28.3 Å². The number of amides is 1. The third-order valence-corrected chi connectivity index (χ3v) is 3.67. The summed E-state index contributed by atoms with van der Waals surface area (Å²) < 4.78 is 0.990. The minimum absolute atomic E-state index is 0. The fourth-order valence-corrected chi connectivity index (χ4v) is 1.98.